The Morgan fingerprint density at radius 3 is 3.06 bits per heavy atom. The average Bonchev–Trinajstić information content (AvgIpc) is 3.05. The zero-order valence-electron chi connectivity index (χ0n) is 10.3. The van der Waals surface area contributed by atoms with Gasteiger partial charge in [-0.15, -0.1) is 0 Å². The van der Waals surface area contributed by atoms with Crippen LogP contribution >= 0.6 is 0 Å². The van der Waals surface area contributed by atoms with E-state index in [-0.39, 0.29) is 6.04 Å². The van der Waals surface area contributed by atoms with Crippen LogP contribution in [0.5, 0.6) is 5.75 Å². The zero-order valence-corrected chi connectivity index (χ0v) is 10.3. The van der Waals surface area contributed by atoms with Gasteiger partial charge in [-0.05, 0) is 42.2 Å². The summed E-state index contributed by atoms with van der Waals surface area (Å²) in [5.41, 5.74) is 8.72. The third-order valence-corrected chi connectivity index (χ3v) is 3.41. The summed E-state index contributed by atoms with van der Waals surface area (Å²) in [4.78, 5) is 0. The first-order valence-corrected chi connectivity index (χ1v) is 6.36. The van der Waals surface area contributed by atoms with Crippen molar-refractivity contribution in [3.63, 3.8) is 0 Å². The van der Waals surface area contributed by atoms with Crippen LogP contribution in [0.3, 0.4) is 0 Å². The summed E-state index contributed by atoms with van der Waals surface area (Å²) in [6.45, 7) is 0.810. The van der Waals surface area contributed by atoms with Gasteiger partial charge in [0.15, 0.2) is 0 Å². The molecule has 0 amide bonds. The lowest BCUT2D eigenvalue weighted by Crippen LogP contribution is -2.10. The van der Waals surface area contributed by atoms with Crippen LogP contribution in [-0.2, 0) is 12.8 Å². The smallest absolute Gasteiger partial charge is 0.122 e. The fraction of sp³-hybridized carbons (Fsp3) is 0.333. The summed E-state index contributed by atoms with van der Waals surface area (Å²) in [7, 11) is 0. The molecule has 3 heteroatoms. The Kier molecular flexibility index (Phi) is 3.07. The molecule has 1 aliphatic heterocycles. The minimum Gasteiger partial charge on any atom is -0.493 e. The number of rotatable bonds is 4. The maximum atomic E-state index is 6.08. The summed E-state index contributed by atoms with van der Waals surface area (Å²) in [6, 6.07) is 10.2. The van der Waals surface area contributed by atoms with Crippen molar-refractivity contribution in [1.82, 2.24) is 0 Å². The van der Waals surface area contributed by atoms with E-state index in [9.17, 15) is 0 Å². The Morgan fingerprint density at radius 1 is 1.28 bits per heavy atom. The van der Waals surface area contributed by atoms with Gasteiger partial charge in [0.1, 0.15) is 11.5 Å². The summed E-state index contributed by atoms with van der Waals surface area (Å²) in [5, 5.41) is 0. The number of furan rings is 1. The van der Waals surface area contributed by atoms with Crippen LogP contribution in [0, 0.1) is 0 Å². The number of aryl methyl sites for hydroxylation is 1. The van der Waals surface area contributed by atoms with Crippen molar-refractivity contribution in [1.29, 1.82) is 0 Å². The summed E-state index contributed by atoms with van der Waals surface area (Å²) in [6.07, 6.45) is 4.55. The molecule has 1 unspecified atom stereocenters. The van der Waals surface area contributed by atoms with Crippen LogP contribution in [0.1, 0.15) is 29.3 Å². The molecule has 1 aromatic carbocycles. The third kappa shape index (κ3) is 2.27. The normalized spacial score (nSPS) is 15.2. The van der Waals surface area contributed by atoms with Crippen molar-refractivity contribution in [2.75, 3.05) is 6.61 Å². The predicted molar refractivity (Wildman–Crippen MR) is 69.6 cm³/mol. The molecule has 2 N–H and O–H groups in total. The lowest BCUT2D eigenvalue weighted by Gasteiger charge is -2.09. The molecule has 3 nitrogen and oxygen atoms in total. The maximum absolute atomic E-state index is 6.08. The molecule has 18 heavy (non-hydrogen) atoms. The van der Waals surface area contributed by atoms with Crippen molar-refractivity contribution < 1.29 is 9.15 Å². The van der Waals surface area contributed by atoms with Gasteiger partial charge >= 0.3 is 0 Å². The fourth-order valence-corrected chi connectivity index (χ4v) is 2.36. The van der Waals surface area contributed by atoms with Gasteiger partial charge in [0.25, 0.3) is 0 Å². The third-order valence-electron chi connectivity index (χ3n) is 3.41. The number of hydrogen-bond acceptors (Lipinski definition) is 3. The molecule has 0 aliphatic carbocycles. The molecule has 0 radical (unpaired) electrons. The Labute approximate surface area is 107 Å². The second-order valence-corrected chi connectivity index (χ2v) is 4.70. The van der Waals surface area contributed by atoms with Crippen molar-refractivity contribution in [2.24, 2.45) is 5.73 Å². The van der Waals surface area contributed by atoms with E-state index in [1.54, 1.807) is 6.26 Å². The average molecular weight is 243 g/mol. The van der Waals surface area contributed by atoms with Crippen molar-refractivity contribution >= 4 is 0 Å². The Hall–Kier alpha value is -1.74. The van der Waals surface area contributed by atoms with Gasteiger partial charge in [-0.2, -0.15) is 0 Å². The molecule has 2 heterocycles. The second kappa shape index (κ2) is 4.86. The van der Waals surface area contributed by atoms with Gasteiger partial charge in [-0.1, -0.05) is 12.1 Å². The highest BCUT2D eigenvalue weighted by Crippen LogP contribution is 2.27. The molecule has 1 atom stereocenters. The molecule has 0 bridgehead atoms. The van der Waals surface area contributed by atoms with E-state index >= 15 is 0 Å². The Morgan fingerprint density at radius 2 is 2.22 bits per heavy atom. The molecule has 3 rings (SSSR count). The van der Waals surface area contributed by atoms with Gasteiger partial charge in [0.2, 0.25) is 0 Å². The first-order valence-electron chi connectivity index (χ1n) is 6.36. The van der Waals surface area contributed by atoms with Gasteiger partial charge in [0.05, 0.1) is 18.9 Å². The molecule has 2 aromatic rings. The monoisotopic (exact) mass is 243 g/mol. The van der Waals surface area contributed by atoms with Gasteiger partial charge < -0.3 is 14.9 Å². The van der Waals surface area contributed by atoms with E-state index in [1.165, 1.54) is 11.1 Å². The van der Waals surface area contributed by atoms with E-state index < -0.39 is 0 Å². The van der Waals surface area contributed by atoms with Crippen LogP contribution in [0.25, 0.3) is 0 Å². The molecule has 0 fully saturated rings. The molecular weight excluding hydrogens is 226 g/mol. The molecule has 0 saturated heterocycles. The second-order valence-electron chi connectivity index (χ2n) is 4.70. The largest absolute Gasteiger partial charge is 0.493 e. The minimum atomic E-state index is -0.0236. The molecule has 1 aromatic heterocycles. The van der Waals surface area contributed by atoms with Gasteiger partial charge in [-0.25, -0.2) is 0 Å². The van der Waals surface area contributed by atoms with Gasteiger partial charge in [-0.3, -0.25) is 0 Å². The van der Waals surface area contributed by atoms with Crippen LogP contribution in [0.4, 0.5) is 0 Å². The lowest BCUT2D eigenvalue weighted by atomic mass is 10.0. The van der Waals surface area contributed by atoms with Crippen molar-refractivity contribution in [3.05, 3.63) is 53.5 Å². The first kappa shape index (κ1) is 11.4. The molecule has 1 aliphatic rings. The van der Waals surface area contributed by atoms with Gasteiger partial charge in [0, 0.05) is 6.42 Å². The van der Waals surface area contributed by atoms with E-state index in [0.717, 1.165) is 37.4 Å². The number of nitrogens with two attached hydrogens (primary N) is 1. The van der Waals surface area contributed by atoms with Crippen LogP contribution < -0.4 is 10.5 Å². The number of fused-ring (bicyclic) bond motifs is 1. The predicted octanol–water partition coefficient (Wildman–Crippen LogP) is 2.85. The molecule has 0 spiro atoms. The number of benzene rings is 1. The zero-order chi connectivity index (χ0) is 12.4. The molecule has 94 valence electrons. The van der Waals surface area contributed by atoms with E-state index in [1.807, 2.05) is 12.1 Å². The summed E-state index contributed by atoms with van der Waals surface area (Å²) in [5.74, 6) is 1.90. The topological polar surface area (TPSA) is 48.4 Å². The summed E-state index contributed by atoms with van der Waals surface area (Å²) < 4.78 is 10.8. The highest BCUT2D eigenvalue weighted by molar-refractivity contribution is 5.39. The lowest BCUT2D eigenvalue weighted by molar-refractivity contribution is 0.357. The number of ether oxygens (including phenoxy) is 1. The van der Waals surface area contributed by atoms with E-state index in [2.05, 4.69) is 18.2 Å². The van der Waals surface area contributed by atoms with Crippen LogP contribution in [-0.4, -0.2) is 6.61 Å². The highest BCUT2D eigenvalue weighted by Gasteiger charge is 2.13. The van der Waals surface area contributed by atoms with Crippen LogP contribution in [0.2, 0.25) is 0 Å². The molecule has 0 saturated carbocycles. The quantitative estimate of drug-likeness (QED) is 0.898. The maximum Gasteiger partial charge on any atom is 0.122 e. The SMILES string of the molecule is NC(CCc1ccc2c(c1)CCO2)c1ccco1. The van der Waals surface area contributed by atoms with E-state index in [4.69, 9.17) is 14.9 Å². The number of hydrogen-bond donors (Lipinski definition) is 1. The highest BCUT2D eigenvalue weighted by atomic mass is 16.5. The Bertz CT molecular complexity index is 519. The van der Waals surface area contributed by atoms with Crippen molar-refractivity contribution in [2.45, 2.75) is 25.3 Å². The van der Waals surface area contributed by atoms with Crippen molar-refractivity contribution in [3.8, 4) is 5.75 Å². The standard InChI is InChI=1S/C15H17NO2/c16-13(15-2-1-8-17-15)5-3-11-4-6-14-12(10-11)7-9-18-14/h1-2,4,6,8,10,13H,3,5,7,9,16H2. The fourth-order valence-electron chi connectivity index (χ4n) is 2.36. The van der Waals surface area contributed by atoms with E-state index in [0.29, 0.717) is 0 Å². The Balaban J connectivity index is 1.63. The summed E-state index contributed by atoms with van der Waals surface area (Å²) >= 11 is 0. The minimum absolute atomic E-state index is 0.0236. The van der Waals surface area contributed by atoms with Crippen LogP contribution in [0.15, 0.2) is 41.0 Å². The first-order chi connectivity index (χ1) is 8.83. The molecular formula is C15H17NO2.